The molecular weight excluding hydrogens is 729 g/mol. The molecule has 0 aliphatic rings. The number of aromatic carboxylic acids is 1. The molecule has 45 heavy (non-hydrogen) atoms. The lowest BCUT2D eigenvalue weighted by Crippen LogP contribution is -2.47. The number of amides is 1. The van der Waals surface area contributed by atoms with Crippen LogP contribution < -0.4 is 5.32 Å². The van der Waals surface area contributed by atoms with Gasteiger partial charge in [-0.25, -0.2) is 9.78 Å². The minimum absolute atomic E-state index is 0.0756. The third-order valence-corrected chi connectivity index (χ3v) is 9.81. The number of aromatic nitrogens is 3. The first kappa shape index (κ1) is 37.2. The number of anilines is 1. The molecule has 0 fully saturated rings. The number of rotatable bonds is 8. The van der Waals surface area contributed by atoms with Crippen LogP contribution in [0.2, 0.25) is 35.2 Å². The quantitative estimate of drug-likeness (QED) is 0.122. The lowest BCUT2D eigenvalue weighted by atomic mass is 9.73. The van der Waals surface area contributed by atoms with Gasteiger partial charge in [-0.05, 0) is 48.1 Å². The largest absolute Gasteiger partial charge is 0.478 e. The third-order valence-electron chi connectivity index (χ3n) is 6.93. The first-order valence-corrected chi connectivity index (χ1v) is 15.7. The molecular formula is C30H27Cl7N4O4. The van der Waals surface area contributed by atoms with Gasteiger partial charge in [0.2, 0.25) is 0 Å². The van der Waals surface area contributed by atoms with Crippen LogP contribution in [-0.2, 0) is 13.0 Å². The molecule has 1 atom stereocenters. The van der Waals surface area contributed by atoms with E-state index in [0.717, 1.165) is 11.4 Å². The van der Waals surface area contributed by atoms with Crippen molar-refractivity contribution >= 4 is 98.8 Å². The number of nitrogens with one attached hydrogen (secondary N) is 1. The summed E-state index contributed by atoms with van der Waals surface area (Å²) >= 11 is 41.4. The topological polar surface area (TPSA) is 117 Å². The molecule has 0 saturated carbocycles. The fourth-order valence-electron chi connectivity index (χ4n) is 4.11. The Labute approximate surface area is 295 Å². The van der Waals surface area contributed by atoms with Crippen molar-refractivity contribution in [1.29, 1.82) is 0 Å². The molecule has 3 N–H and O–H groups in total. The number of nitrogens with zero attached hydrogens (tertiary/aromatic N) is 3. The fourth-order valence-corrected chi connectivity index (χ4v) is 5.60. The molecule has 0 aliphatic heterocycles. The number of hydrogen-bond acceptors (Lipinski definition) is 5. The Hall–Kier alpha value is -2.27. The van der Waals surface area contributed by atoms with E-state index in [9.17, 15) is 19.8 Å². The monoisotopic (exact) mass is 752 g/mol. The highest BCUT2D eigenvalue weighted by molar-refractivity contribution is 6.54. The van der Waals surface area contributed by atoms with Crippen LogP contribution in [0, 0.1) is 5.41 Å². The normalized spacial score (nSPS) is 12.6. The predicted octanol–water partition coefficient (Wildman–Crippen LogP) is 9.90. The number of benzene rings is 3. The summed E-state index contributed by atoms with van der Waals surface area (Å²) in [5.74, 6) is -2.38. The maximum atomic E-state index is 12.5. The van der Waals surface area contributed by atoms with Crippen LogP contribution in [0.3, 0.4) is 0 Å². The molecule has 4 aromatic rings. The molecule has 0 bridgehead atoms. The summed E-state index contributed by atoms with van der Waals surface area (Å²) in [6.07, 6.45) is 4.57. The van der Waals surface area contributed by atoms with Crippen LogP contribution in [-0.4, -0.2) is 42.5 Å². The first-order valence-electron chi connectivity index (χ1n) is 13.1. The highest BCUT2D eigenvalue weighted by atomic mass is 35.5. The Kier molecular flexibility index (Phi) is 12.8. The van der Waals surface area contributed by atoms with Crippen LogP contribution in [0.25, 0.3) is 0 Å². The van der Waals surface area contributed by atoms with Crippen molar-refractivity contribution in [2.24, 2.45) is 5.41 Å². The minimum atomic E-state index is -1.50. The van der Waals surface area contributed by atoms with Gasteiger partial charge >= 0.3 is 5.97 Å². The van der Waals surface area contributed by atoms with Crippen molar-refractivity contribution in [3.8, 4) is 0 Å². The number of aryl methyl sites for hydroxylation is 1. The molecule has 1 unspecified atom stereocenters. The zero-order valence-corrected chi connectivity index (χ0v) is 29.3. The summed E-state index contributed by atoms with van der Waals surface area (Å²) in [6, 6.07) is 12.3. The van der Waals surface area contributed by atoms with Gasteiger partial charge in [0.05, 0.1) is 59.1 Å². The van der Waals surface area contributed by atoms with Gasteiger partial charge in [0, 0.05) is 5.02 Å². The summed E-state index contributed by atoms with van der Waals surface area (Å²) in [4.78, 5) is 27.9. The van der Waals surface area contributed by atoms with E-state index in [1.807, 2.05) is 45.0 Å². The van der Waals surface area contributed by atoms with E-state index in [1.165, 1.54) is 24.0 Å². The SMILES string of the molecule is CC(C)(C)C(O)(CCc1ccc(Cl)cc1)Cn1cncn1.O=C(O)c1c(Cl)c(Cl)c(Cl)c(Cl)c1C(=O)Nc1cccc(Cl)c1Cl. The zero-order valence-electron chi connectivity index (χ0n) is 24.0. The second-order valence-corrected chi connectivity index (χ2v) is 13.6. The predicted molar refractivity (Wildman–Crippen MR) is 182 cm³/mol. The van der Waals surface area contributed by atoms with Crippen LogP contribution in [0.4, 0.5) is 5.69 Å². The van der Waals surface area contributed by atoms with E-state index < -0.39 is 33.6 Å². The maximum absolute atomic E-state index is 12.5. The number of carbonyl (C=O) groups excluding carboxylic acids is 1. The van der Waals surface area contributed by atoms with E-state index in [4.69, 9.17) is 81.2 Å². The van der Waals surface area contributed by atoms with Crippen molar-refractivity contribution in [3.63, 3.8) is 0 Å². The molecule has 0 spiro atoms. The smallest absolute Gasteiger partial charge is 0.338 e. The van der Waals surface area contributed by atoms with Gasteiger partial charge in [-0.2, -0.15) is 5.10 Å². The summed E-state index contributed by atoms with van der Waals surface area (Å²) in [7, 11) is 0. The van der Waals surface area contributed by atoms with E-state index >= 15 is 0 Å². The van der Waals surface area contributed by atoms with Crippen LogP contribution in [0.15, 0.2) is 55.1 Å². The van der Waals surface area contributed by atoms with Gasteiger partial charge in [0.15, 0.2) is 0 Å². The summed E-state index contributed by atoms with van der Waals surface area (Å²) in [5.41, 5.74) is -0.818. The second-order valence-electron chi connectivity index (χ2n) is 10.9. The Balaban J connectivity index is 0.000000248. The van der Waals surface area contributed by atoms with Gasteiger partial charge in [0.1, 0.15) is 12.7 Å². The first-order chi connectivity index (χ1) is 21.0. The van der Waals surface area contributed by atoms with Crippen LogP contribution >= 0.6 is 81.2 Å². The van der Waals surface area contributed by atoms with Crippen molar-refractivity contribution in [2.45, 2.75) is 45.8 Å². The van der Waals surface area contributed by atoms with Crippen molar-refractivity contribution < 1.29 is 19.8 Å². The standard InChI is InChI=1S/C16H22ClN3O.C14H5Cl6NO3/c1-15(2,3)16(21,10-20-12-18-11-19-20)9-8-13-4-6-14(17)7-5-13;15-4-2-1-3-5(8(4)16)21-13(22)6-7(14(23)24)10(18)12(20)11(19)9(6)17/h4-7,11-12,21H,8-10H2,1-3H3;1-3H,(H,21,22)(H,23,24). The third kappa shape index (κ3) is 9.18. The molecule has 4 rings (SSSR count). The Morgan fingerprint density at radius 1 is 0.844 bits per heavy atom. The zero-order chi connectivity index (χ0) is 33.7. The molecule has 15 heteroatoms. The molecule has 0 aliphatic carbocycles. The Bertz CT molecular complexity index is 1680. The average Bonchev–Trinajstić information content (AvgIpc) is 3.48. The highest BCUT2D eigenvalue weighted by Gasteiger charge is 2.40. The molecule has 1 heterocycles. The highest BCUT2D eigenvalue weighted by Crippen LogP contribution is 2.42. The lowest BCUT2D eigenvalue weighted by Gasteiger charge is -2.40. The molecule has 0 saturated heterocycles. The van der Waals surface area contributed by atoms with Gasteiger partial charge in [0.25, 0.3) is 5.91 Å². The summed E-state index contributed by atoms with van der Waals surface area (Å²) in [6.45, 7) is 6.58. The fraction of sp³-hybridized carbons (Fsp3) is 0.267. The number of carboxylic acid groups (broad SMARTS) is 1. The number of halogens is 7. The van der Waals surface area contributed by atoms with E-state index in [0.29, 0.717) is 13.0 Å². The van der Waals surface area contributed by atoms with Gasteiger partial charge in [-0.15, -0.1) is 0 Å². The maximum Gasteiger partial charge on any atom is 0.338 e. The number of aliphatic hydroxyl groups is 1. The van der Waals surface area contributed by atoms with E-state index in [2.05, 4.69) is 15.4 Å². The lowest BCUT2D eigenvalue weighted by molar-refractivity contribution is -0.0796. The molecule has 8 nitrogen and oxygen atoms in total. The van der Waals surface area contributed by atoms with Crippen molar-refractivity contribution in [2.75, 3.05) is 5.32 Å². The molecule has 240 valence electrons. The number of carbonyl (C=O) groups is 2. The molecule has 0 radical (unpaired) electrons. The molecule has 1 aromatic heterocycles. The van der Waals surface area contributed by atoms with Crippen molar-refractivity contribution in [3.05, 3.63) is 107 Å². The number of hydrogen-bond donors (Lipinski definition) is 3. The average molecular weight is 756 g/mol. The molecule has 1 amide bonds. The Morgan fingerprint density at radius 2 is 1.44 bits per heavy atom. The van der Waals surface area contributed by atoms with Crippen molar-refractivity contribution in [1.82, 2.24) is 14.8 Å². The van der Waals surface area contributed by atoms with E-state index in [1.54, 1.807) is 17.1 Å². The van der Waals surface area contributed by atoms with Crippen LogP contribution in [0.1, 0.15) is 53.5 Å². The van der Waals surface area contributed by atoms with Gasteiger partial charge < -0.3 is 15.5 Å². The summed E-state index contributed by atoms with van der Waals surface area (Å²) in [5, 5.41) is 26.7. The number of carboxylic acids is 1. The van der Waals surface area contributed by atoms with Crippen LogP contribution in [0.5, 0.6) is 0 Å². The Morgan fingerprint density at radius 3 is 1.98 bits per heavy atom. The second kappa shape index (κ2) is 15.5. The van der Waals surface area contributed by atoms with E-state index in [-0.39, 0.29) is 36.2 Å². The summed E-state index contributed by atoms with van der Waals surface area (Å²) < 4.78 is 1.69. The van der Waals surface area contributed by atoms with Gasteiger partial charge in [-0.1, -0.05) is 120 Å². The van der Waals surface area contributed by atoms with Gasteiger partial charge in [-0.3, -0.25) is 9.48 Å². The molecule has 3 aromatic carbocycles. The minimum Gasteiger partial charge on any atom is -0.478 e.